The normalized spacial score (nSPS) is 15.6. The zero-order valence-corrected chi connectivity index (χ0v) is 16.0. The van der Waals surface area contributed by atoms with Crippen molar-refractivity contribution >= 4 is 22.7 Å². The van der Waals surface area contributed by atoms with Crippen molar-refractivity contribution < 1.29 is 13.9 Å². The van der Waals surface area contributed by atoms with E-state index >= 15 is 0 Å². The lowest BCUT2D eigenvalue weighted by atomic mass is 10.2. The molecule has 1 fully saturated rings. The zero-order chi connectivity index (χ0) is 19.7. The summed E-state index contributed by atoms with van der Waals surface area (Å²) in [5, 5.41) is 0. The summed E-state index contributed by atoms with van der Waals surface area (Å²) < 4.78 is 11.9. The molecule has 2 heterocycles. The number of ether oxygens (including phenoxy) is 1. The smallest absolute Gasteiger partial charge is 0.420 e. The Morgan fingerprint density at radius 1 is 1.04 bits per heavy atom. The minimum absolute atomic E-state index is 0.0666. The van der Waals surface area contributed by atoms with Gasteiger partial charge >= 0.3 is 5.76 Å². The van der Waals surface area contributed by atoms with Gasteiger partial charge in [-0.2, -0.15) is 0 Å². The van der Waals surface area contributed by atoms with Gasteiger partial charge in [-0.25, -0.2) is 4.79 Å². The van der Waals surface area contributed by atoms with Crippen LogP contribution in [-0.4, -0.2) is 48.7 Å². The molecule has 1 atom stereocenters. The summed E-state index contributed by atoms with van der Waals surface area (Å²) in [7, 11) is 1.65. The molecule has 1 aliphatic heterocycles. The molecule has 146 valence electrons. The SMILES string of the molecule is COc1ccc(N2CCN(C(=O)C(C)n3c(=O)oc4ccccc43)CC2)cc1. The van der Waals surface area contributed by atoms with Crippen molar-refractivity contribution in [3.05, 3.63) is 59.1 Å². The van der Waals surface area contributed by atoms with E-state index in [0.717, 1.165) is 24.5 Å². The minimum atomic E-state index is -0.608. The van der Waals surface area contributed by atoms with Crippen molar-refractivity contribution in [2.24, 2.45) is 0 Å². The number of rotatable bonds is 4. The highest BCUT2D eigenvalue weighted by molar-refractivity contribution is 5.83. The summed E-state index contributed by atoms with van der Waals surface area (Å²) in [5.41, 5.74) is 2.25. The van der Waals surface area contributed by atoms with Gasteiger partial charge in [0.15, 0.2) is 5.58 Å². The Bertz CT molecular complexity index is 1030. The number of amides is 1. The number of hydrogen-bond acceptors (Lipinski definition) is 5. The van der Waals surface area contributed by atoms with Crippen LogP contribution in [0.4, 0.5) is 5.69 Å². The van der Waals surface area contributed by atoms with Gasteiger partial charge in [0, 0.05) is 31.9 Å². The van der Waals surface area contributed by atoms with E-state index in [1.807, 2.05) is 35.2 Å². The number of fused-ring (bicyclic) bond motifs is 1. The lowest BCUT2D eigenvalue weighted by molar-refractivity contribution is -0.134. The number of methoxy groups -OCH3 is 1. The van der Waals surface area contributed by atoms with Gasteiger partial charge in [0.1, 0.15) is 11.8 Å². The fourth-order valence-corrected chi connectivity index (χ4v) is 3.70. The highest BCUT2D eigenvalue weighted by atomic mass is 16.5. The predicted octanol–water partition coefficient (Wildman–Crippen LogP) is 2.51. The topological polar surface area (TPSA) is 67.9 Å². The number of oxazole rings is 1. The molecular weight excluding hydrogens is 358 g/mol. The van der Waals surface area contributed by atoms with Crippen LogP contribution in [0.15, 0.2) is 57.7 Å². The van der Waals surface area contributed by atoms with Crippen LogP contribution in [-0.2, 0) is 4.79 Å². The fraction of sp³-hybridized carbons (Fsp3) is 0.333. The minimum Gasteiger partial charge on any atom is -0.497 e. The molecule has 0 N–H and O–H groups in total. The molecule has 0 bridgehead atoms. The van der Waals surface area contributed by atoms with E-state index in [9.17, 15) is 9.59 Å². The Kier molecular flexibility index (Phi) is 4.81. The molecule has 7 heteroatoms. The maximum Gasteiger partial charge on any atom is 0.420 e. The van der Waals surface area contributed by atoms with Crippen molar-refractivity contribution in [2.45, 2.75) is 13.0 Å². The second-order valence-electron chi connectivity index (χ2n) is 6.89. The summed E-state index contributed by atoms with van der Waals surface area (Å²) in [4.78, 5) is 29.3. The van der Waals surface area contributed by atoms with Crippen LogP contribution >= 0.6 is 0 Å². The number of para-hydroxylation sites is 2. The maximum absolute atomic E-state index is 13.0. The van der Waals surface area contributed by atoms with E-state index in [1.54, 1.807) is 32.2 Å². The number of carbonyl (C=O) groups excluding carboxylic acids is 1. The first-order valence-corrected chi connectivity index (χ1v) is 9.36. The average Bonchev–Trinajstić information content (AvgIpc) is 3.08. The summed E-state index contributed by atoms with van der Waals surface area (Å²) in [5.74, 6) is 0.256. The second kappa shape index (κ2) is 7.42. The Labute approximate surface area is 162 Å². The van der Waals surface area contributed by atoms with Crippen molar-refractivity contribution in [2.75, 3.05) is 38.2 Å². The first-order valence-electron chi connectivity index (χ1n) is 9.36. The lowest BCUT2D eigenvalue weighted by Gasteiger charge is -2.37. The third-order valence-electron chi connectivity index (χ3n) is 5.29. The lowest BCUT2D eigenvalue weighted by Crippen LogP contribution is -2.50. The number of hydrogen-bond donors (Lipinski definition) is 0. The van der Waals surface area contributed by atoms with Gasteiger partial charge in [-0.05, 0) is 43.3 Å². The van der Waals surface area contributed by atoms with Crippen LogP contribution in [0, 0.1) is 0 Å². The molecule has 0 spiro atoms. The average molecular weight is 381 g/mol. The molecule has 1 unspecified atom stereocenters. The summed E-state index contributed by atoms with van der Waals surface area (Å²) >= 11 is 0. The molecule has 1 aromatic heterocycles. The molecule has 3 aromatic rings. The van der Waals surface area contributed by atoms with E-state index in [-0.39, 0.29) is 5.91 Å². The Morgan fingerprint density at radius 3 is 2.39 bits per heavy atom. The van der Waals surface area contributed by atoms with E-state index in [0.29, 0.717) is 24.2 Å². The van der Waals surface area contributed by atoms with Gasteiger partial charge in [0.05, 0.1) is 12.6 Å². The molecule has 1 saturated heterocycles. The van der Waals surface area contributed by atoms with E-state index in [1.165, 1.54) is 4.57 Å². The quantitative estimate of drug-likeness (QED) is 0.695. The molecule has 28 heavy (non-hydrogen) atoms. The molecular formula is C21H23N3O4. The van der Waals surface area contributed by atoms with E-state index in [2.05, 4.69) is 4.90 Å². The van der Waals surface area contributed by atoms with Crippen LogP contribution in [0.1, 0.15) is 13.0 Å². The maximum atomic E-state index is 13.0. The monoisotopic (exact) mass is 381 g/mol. The van der Waals surface area contributed by atoms with Crippen molar-refractivity contribution in [1.82, 2.24) is 9.47 Å². The number of benzene rings is 2. The Morgan fingerprint density at radius 2 is 1.71 bits per heavy atom. The molecule has 0 saturated carbocycles. The Hall–Kier alpha value is -3.22. The zero-order valence-electron chi connectivity index (χ0n) is 16.0. The molecule has 2 aromatic carbocycles. The molecule has 0 aliphatic carbocycles. The summed E-state index contributed by atoms with van der Waals surface area (Å²) in [6, 6.07) is 14.5. The summed E-state index contributed by atoms with van der Waals surface area (Å²) in [6.07, 6.45) is 0. The van der Waals surface area contributed by atoms with Crippen LogP contribution in [0.3, 0.4) is 0 Å². The highest BCUT2D eigenvalue weighted by Crippen LogP contribution is 2.22. The second-order valence-corrected chi connectivity index (χ2v) is 6.89. The van der Waals surface area contributed by atoms with Gasteiger partial charge in [-0.3, -0.25) is 9.36 Å². The number of piperazine rings is 1. The first-order chi connectivity index (χ1) is 13.6. The van der Waals surface area contributed by atoms with Crippen molar-refractivity contribution in [3.63, 3.8) is 0 Å². The number of aromatic nitrogens is 1. The number of anilines is 1. The standard InChI is InChI=1S/C21H23N3O4/c1-15(24-18-5-3-4-6-19(18)28-21(24)26)20(25)23-13-11-22(12-14-23)16-7-9-17(27-2)10-8-16/h3-10,15H,11-14H2,1-2H3. The third-order valence-corrected chi connectivity index (χ3v) is 5.29. The molecule has 4 rings (SSSR count). The fourth-order valence-electron chi connectivity index (χ4n) is 3.70. The van der Waals surface area contributed by atoms with Crippen LogP contribution in [0.5, 0.6) is 5.75 Å². The van der Waals surface area contributed by atoms with Gasteiger partial charge in [-0.15, -0.1) is 0 Å². The Balaban J connectivity index is 1.46. The molecule has 7 nitrogen and oxygen atoms in total. The van der Waals surface area contributed by atoms with Crippen LogP contribution in [0.2, 0.25) is 0 Å². The number of carbonyl (C=O) groups is 1. The highest BCUT2D eigenvalue weighted by Gasteiger charge is 2.28. The molecule has 0 radical (unpaired) electrons. The number of nitrogens with zero attached hydrogens (tertiary/aromatic N) is 3. The van der Waals surface area contributed by atoms with Crippen molar-refractivity contribution in [1.29, 1.82) is 0 Å². The first kappa shape index (κ1) is 18.2. The van der Waals surface area contributed by atoms with Crippen LogP contribution in [0.25, 0.3) is 11.1 Å². The van der Waals surface area contributed by atoms with Gasteiger partial charge in [0.2, 0.25) is 5.91 Å². The third kappa shape index (κ3) is 3.24. The molecule has 1 aliphatic rings. The van der Waals surface area contributed by atoms with Crippen molar-refractivity contribution in [3.8, 4) is 5.75 Å². The van der Waals surface area contributed by atoms with E-state index < -0.39 is 11.8 Å². The largest absolute Gasteiger partial charge is 0.497 e. The van der Waals surface area contributed by atoms with Gasteiger partial charge < -0.3 is 19.0 Å². The van der Waals surface area contributed by atoms with Crippen LogP contribution < -0.4 is 15.4 Å². The van der Waals surface area contributed by atoms with E-state index in [4.69, 9.17) is 9.15 Å². The molecule has 1 amide bonds. The van der Waals surface area contributed by atoms with Gasteiger partial charge in [-0.1, -0.05) is 12.1 Å². The van der Waals surface area contributed by atoms with Gasteiger partial charge in [0.25, 0.3) is 0 Å². The predicted molar refractivity (Wildman–Crippen MR) is 107 cm³/mol. The summed E-state index contributed by atoms with van der Waals surface area (Å²) in [6.45, 7) is 4.46.